The lowest BCUT2D eigenvalue weighted by Crippen LogP contribution is -2.05. The molecule has 4 heteroatoms. The number of rotatable bonds is 3. The summed E-state index contributed by atoms with van der Waals surface area (Å²) in [4.78, 5) is 8.27. The number of hydrogen-bond donors (Lipinski definition) is 1. The molecule has 12 heavy (non-hydrogen) atoms. The first-order valence-electron chi connectivity index (χ1n) is 3.90. The van der Waals surface area contributed by atoms with Crippen molar-refractivity contribution in [2.75, 3.05) is 7.11 Å². The zero-order valence-corrected chi connectivity index (χ0v) is 7.37. The molecule has 0 radical (unpaired) electrons. The maximum atomic E-state index is 5.46. The lowest BCUT2D eigenvalue weighted by Gasteiger charge is -2.05. The van der Waals surface area contributed by atoms with Gasteiger partial charge in [-0.3, -0.25) is 0 Å². The summed E-state index contributed by atoms with van der Waals surface area (Å²) in [6.45, 7) is 2.41. The fourth-order valence-corrected chi connectivity index (χ4v) is 0.913. The fraction of sp³-hybridized carbons (Fsp3) is 0.500. The summed E-state index contributed by atoms with van der Waals surface area (Å²) in [5.41, 5.74) is 6.30. The number of aromatic nitrogens is 2. The smallest absolute Gasteiger partial charge is 0.220 e. The van der Waals surface area contributed by atoms with Crippen LogP contribution >= 0.6 is 0 Å². The average molecular weight is 167 g/mol. The second kappa shape index (κ2) is 4.01. The second-order valence-corrected chi connectivity index (χ2v) is 2.38. The number of aryl methyl sites for hydroxylation is 1. The van der Waals surface area contributed by atoms with Crippen LogP contribution in [0.25, 0.3) is 0 Å². The van der Waals surface area contributed by atoms with Gasteiger partial charge in [-0.2, -0.15) is 4.98 Å². The Morgan fingerprint density at radius 1 is 1.58 bits per heavy atom. The van der Waals surface area contributed by atoms with E-state index >= 15 is 0 Å². The quantitative estimate of drug-likeness (QED) is 0.712. The molecule has 1 aromatic heterocycles. The Morgan fingerprint density at radius 3 is 2.83 bits per heavy atom. The molecule has 1 heterocycles. The Morgan fingerprint density at radius 2 is 2.33 bits per heavy atom. The SMILES string of the molecule is CCc1ncc(CN)c(OC)n1. The van der Waals surface area contributed by atoms with Crippen molar-refractivity contribution in [1.29, 1.82) is 0 Å². The Kier molecular flexibility index (Phi) is 2.99. The van der Waals surface area contributed by atoms with Crippen molar-refractivity contribution in [1.82, 2.24) is 9.97 Å². The van der Waals surface area contributed by atoms with Crippen LogP contribution in [0.5, 0.6) is 5.88 Å². The summed E-state index contributed by atoms with van der Waals surface area (Å²) in [5, 5.41) is 0. The first kappa shape index (κ1) is 8.93. The largest absolute Gasteiger partial charge is 0.481 e. The zero-order chi connectivity index (χ0) is 8.97. The third-order valence-electron chi connectivity index (χ3n) is 1.60. The predicted molar refractivity (Wildman–Crippen MR) is 45.9 cm³/mol. The van der Waals surface area contributed by atoms with Crippen molar-refractivity contribution in [2.24, 2.45) is 5.73 Å². The molecule has 1 rings (SSSR count). The van der Waals surface area contributed by atoms with Gasteiger partial charge in [-0.05, 0) is 0 Å². The maximum absolute atomic E-state index is 5.46. The highest BCUT2D eigenvalue weighted by Crippen LogP contribution is 2.12. The average Bonchev–Trinajstić information content (AvgIpc) is 2.16. The minimum atomic E-state index is 0.410. The fourth-order valence-electron chi connectivity index (χ4n) is 0.913. The van der Waals surface area contributed by atoms with Gasteiger partial charge < -0.3 is 10.5 Å². The van der Waals surface area contributed by atoms with Crippen LogP contribution in [0.3, 0.4) is 0 Å². The molecule has 0 amide bonds. The van der Waals surface area contributed by atoms with E-state index in [-0.39, 0.29) is 0 Å². The third kappa shape index (κ3) is 1.71. The minimum absolute atomic E-state index is 0.410. The Balaban J connectivity index is 3.02. The van der Waals surface area contributed by atoms with Gasteiger partial charge in [-0.25, -0.2) is 4.98 Å². The first-order chi connectivity index (χ1) is 5.81. The molecule has 0 aliphatic heterocycles. The van der Waals surface area contributed by atoms with Crippen molar-refractivity contribution < 1.29 is 4.74 Å². The molecule has 0 saturated heterocycles. The molecule has 4 nitrogen and oxygen atoms in total. The van der Waals surface area contributed by atoms with Crippen LogP contribution in [-0.2, 0) is 13.0 Å². The van der Waals surface area contributed by atoms with Crippen LogP contribution in [0.15, 0.2) is 6.20 Å². The molecule has 0 bridgehead atoms. The van der Waals surface area contributed by atoms with Gasteiger partial charge in [0, 0.05) is 24.7 Å². The van der Waals surface area contributed by atoms with Crippen molar-refractivity contribution in [3.63, 3.8) is 0 Å². The number of methoxy groups -OCH3 is 1. The molecule has 0 unspecified atom stereocenters. The van der Waals surface area contributed by atoms with Gasteiger partial charge in [-0.1, -0.05) is 6.92 Å². The van der Waals surface area contributed by atoms with Gasteiger partial charge in [0.05, 0.1) is 7.11 Å². The van der Waals surface area contributed by atoms with Gasteiger partial charge in [-0.15, -0.1) is 0 Å². The van der Waals surface area contributed by atoms with Crippen LogP contribution in [0.1, 0.15) is 18.3 Å². The second-order valence-electron chi connectivity index (χ2n) is 2.38. The van der Waals surface area contributed by atoms with Crippen molar-refractivity contribution in [2.45, 2.75) is 19.9 Å². The van der Waals surface area contributed by atoms with Crippen LogP contribution in [0, 0.1) is 0 Å². The lowest BCUT2D eigenvalue weighted by molar-refractivity contribution is 0.389. The summed E-state index contributed by atoms with van der Waals surface area (Å²) in [6, 6.07) is 0. The van der Waals surface area contributed by atoms with E-state index in [1.165, 1.54) is 0 Å². The summed E-state index contributed by atoms with van der Waals surface area (Å²) in [6.07, 6.45) is 2.52. The molecule has 0 spiro atoms. The predicted octanol–water partition coefficient (Wildman–Crippen LogP) is 0.506. The van der Waals surface area contributed by atoms with E-state index in [1.807, 2.05) is 6.92 Å². The molecule has 2 N–H and O–H groups in total. The Bertz CT molecular complexity index is 262. The summed E-state index contributed by atoms with van der Waals surface area (Å²) in [5.74, 6) is 1.37. The van der Waals surface area contributed by atoms with E-state index in [0.717, 1.165) is 17.8 Å². The van der Waals surface area contributed by atoms with Crippen molar-refractivity contribution >= 4 is 0 Å². The highest BCUT2D eigenvalue weighted by molar-refractivity contribution is 5.23. The number of ether oxygens (including phenoxy) is 1. The molecule has 0 saturated carbocycles. The Labute approximate surface area is 71.8 Å². The third-order valence-corrected chi connectivity index (χ3v) is 1.60. The Hall–Kier alpha value is -1.16. The van der Waals surface area contributed by atoms with Crippen LogP contribution in [-0.4, -0.2) is 17.1 Å². The van der Waals surface area contributed by atoms with Crippen LogP contribution in [0.2, 0.25) is 0 Å². The van der Waals surface area contributed by atoms with E-state index in [1.54, 1.807) is 13.3 Å². The molecule has 0 fully saturated rings. The molecule has 1 aromatic rings. The number of nitrogens with zero attached hydrogens (tertiary/aromatic N) is 2. The first-order valence-corrected chi connectivity index (χ1v) is 3.90. The summed E-state index contributed by atoms with van der Waals surface area (Å²) >= 11 is 0. The van der Waals surface area contributed by atoms with Gasteiger partial charge in [0.15, 0.2) is 0 Å². The van der Waals surface area contributed by atoms with Gasteiger partial charge >= 0.3 is 0 Å². The molecule has 0 aliphatic carbocycles. The van der Waals surface area contributed by atoms with E-state index in [9.17, 15) is 0 Å². The molecule has 0 aliphatic rings. The topological polar surface area (TPSA) is 61.0 Å². The summed E-state index contributed by atoms with van der Waals surface area (Å²) in [7, 11) is 1.58. The molecule has 0 aromatic carbocycles. The van der Waals surface area contributed by atoms with Crippen LogP contribution in [0.4, 0.5) is 0 Å². The number of nitrogens with two attached hydrogens (primary N) is 1. The van der Waals surface area contributed by atoms with E-state index in [4.69, 9.17) is 10.5 Å². The summed E-state index contributed by atoms with van der Waals surface area (Å²) < 4.78 is 5.05. The highest BCUT2D eigenvalue weighted by Gasteiger charge is 2.03. The molecular formula is C8H13N3O. The molecule has 66 valence electrons. The van der Waals surface area contributed by atoms with Gasteiger partial charge in [0.2, 0.25) is 5.88 Å². The van der Waals surface area contributed by atoms with Gasteiger partial charge in [0.1, 0.15) is 5.82 Å². The van der Waals surface area contributed by atoms with E-state index in [0.29, 0.717) is 12.4 Å². The number of hydrogen-bond acceptors (Lipinski definition) is 4. The van der Waals surface area contributed by atoms with E-state index < -0.39 is 0 Å². The minimum Gasteiger partial charge on any atom is -0.481 e. The monoisotopic (exact) mass is 167 g/mol. The molecular weight excluding hydrogens is 154 g/mol. The van der Waals surface area contributed by atoms with Gasteiger partial charge in [0.25, 0.3) is 0 Å². The van der Waals surface area contributed by atoms with Crippen LogP contribution < -0.4 is 10.5 Å². The standard InChI is InChI=1S/C8H13N3O/c1-3-7-10-5-6(4-9)8(11-7)12-2/h5H,3-4,9H2,1-2H3. The molecule has 0 atom stereocenters. The van der Waals surface area contributed by atoms with Crippen molar-refractivity contribution in [3.8, 4) is 5.88 Å². The highest BCUT2D eigenvalue weighted by atomic mass is 16.5. The normalized spacial score (nSPS) is 9.92. The van der Waals surface area contributed by atoms with E-state index in [2.05, 4.69) is 9.97 Å². The zero-order valence-electron chi connectivity index (χ0n) is 7.37. The lowest BCUT2D eigenvalue weighted by atomic mass is 10.3. The maximum Gasteiger partial charge on any atom is 0.220 e. The van der Waals surface area contributed by atoms with Crippen molar-refractivity contribution in [3.05, 3.63) is 17.6 Å².